The third-order valence-corrected chi connectivity index (χ3v) is 5.12. The highest BCUT2D eigenvalue weighted by atomic mass is 19.1. The van der Waals surface area contributed by atoms with E-state index in [1.54, 1.807) is 29.1 Å². The fraction of sp³-hybridized carbons (Fsp3) is 0.333. The van der Waals surface area contributed by atoms with Crippen LogP contribution in [0.15, 0.2) is 53.6 Å². The molecule has 0 saturated carbocycles. The molecule has 1 aliphatic heterocycles. The van der Waals surface area contributed by atoms with E-state index in [2.05, 4.69) is 15.4 Å². The van der Waals surface area contributed by atoms with Gasteiger partial charge in [0.15, 0.2) is 0 Å². The molecule has 2 aromatic heterocycles. The molecule has 3 heterocycles. The second-order valence-electron chi connectivity index (χ2n) is 7.26. The predicted molar refractivity (Wildman–Crippen MR) is 105 cm³/mol. The van der Waals surface area contributed by atoms with Crippen molar-refractivity contribution in [1.29, 1.82) is 0 Å². The molecule has 150 valence electrons. The Morgan fingerprint density at radius 3 is 2.76 bits per heavy atom. The lowest BCUT2D eigenvalue weighted by Crippen LogP contribution is -2.36. The number of aryl methyl sites for hydroxylation is 1. The first kappa shape index (κ1) is 19.0. The molecule has 0 aliphatic carbocycles. The van der Waals surface area contributed by atoms with Gasteiger partial charge in [0.25, 0.3) is 0 Å². The van der Waals surface area contributed by atoms with Gasteiger partial charge in [-0.15, -0.1) is 0 Å². The number of benzene rings is 1. The highest BCUT2D eigenvalue weighted by Gasteiger charge is 2.22. The SMILES string of the molecule is O=C(Cc1cccnc1)NC1CCc2nn(Cc3ccc(F)cc3)c(=O)n2CC1. The monoisotopic (exact) mass is 395 g/mol. The lowest BCUT2D eigenvalue weighted by atomic mass is 10.1. The zero-order valence-corrected chi connectivity index (χ0v) is 15.9. The molecule has 0 fully saturated rings. The summed E-state index contributed by atoms with van der Waals surface area (Å²) >= 11 is 0. The third-order valence-electron chi connectivity index (χ3n) is 5.12. The van der Waals surface area contributed by atoms with Gasteiger partial charge in [0.2, 0.25) is 5.91 Å². The number of carbonyl (C=O) groups excluding carboxylic acids is 1. The minimum absolute atomic E-state index is 0.00539. The van der Waals surface area contributed by atoms with Gasteiger partial charge in [-0.2, -0.15) is 5.10 Å². The Labute approximate surface area is 167 Å². The number of amides is 1. The average molecular weight is 395 g/mol. The van der Waals surface area contributed by atoms with Gasteiger partial charge in [-0.25, -0.2) is 13.9 Å². The first-order valence-corrected chi connectivity index (χ1v) is 9.68. The Morgan fingerprint density at radius 2 is 2.00 bits per heavy atom. The van der Waals surface area contributed by atoms with Gasteiger partial charge in [-0.3, -0.25) is 14.3 Å². The Balaban J connectivity index is 1.38. The van der Waals surface area contributed by atoms with Crippen LogP contribution in [0.1, 0.15) is 29.8 Å². The fourth-order valence-corrected chi connectivity index (χ4v) is 3.60. The number of rotatable bonds is 5. The Kier molecular flexibility index (Phi) is 5.50. The number of hydrogen-bond acceptors (Lipinski definition) is 4. The number of hydrogen-bond donors (Lipinski definition) is 1. The first-order chi connectivity index (χ1) is 14.1. The summed E-state index contributed by atoms with van der Waals surface area (Å²) in [6.07, 6.45) is 5.67. The van der Waals surface area contributed by atoms with Crippen LogP contribution in [0.2, 0.25) is 0 Å². The Morgan fingerprint density at radius 1 is 1.17 bits per heavy atom. The van der Waals surface area contributed by atoms with E-state index in [0.717, 1.165) is 23.4 Å². The highest BCUT2D eigenvalue weighted by molar-refractivity contribution is 5.78. The molecule has 4 rings (SSSR count). The quantitative estimate of drug-likeness (QED) is 0.713. The number of halogens is 1. The van der Waals surface area contributed by atoms with Crippen molar-refractivity contribution in [3.8, 4) is 0 Å². The maximum Gasteiger partial charge on any atom is 0.346 e. The summed E-state index contributed by atoms with van der Waals surface area (Å²) in [4.78, 5) is 29.0. The van der Waals surface area contributed by atoms with Crippen molar-refractivity contribution in [2.75, 3.05) is 0 Å². The second-order valence-corrected chi connectivity index (χ2v) is 7.26. The normalized spacial score (nSPS) is 16.1. The first-order valence-electron chi connectivity index (χ1n) is 9.68. The van der Waals surface area contributed by atoms with Gasteiger partial charge in [-0.05, 0) is 42.2 Å². The molecule has 0 spiro atoms. The van der Waals surface area contributed by atoms with Gasteiger partial charge in [0.05, 0.1) is 13.0 Å². The zero-order chi connectivity index (χ0) is 20.2. The molecule has 7 nitrogen and oxygen atoms in total. The van der Waals surface area contributed by atoms with Crippen LogP contribution in [0.3, 0.4) is 0 Å². The molecule has 1 aliphatic rings. The van der Waals surface area contributed by atoms with Gasteiger partial charge in [-0.1, -0.05) is 18.2 Å². The maximum absolute atomic E-state index is 13.1. The van der Waals surface area contributed by atoms with Crippen LogP contribution in [0, 0.1) is 5.82 Å². The Hall–Kier alpha value is -3.29. The van der Waals surface area contributed by atoms with E-state index < -0.39 is 0 Å². The van der Waals surface area contributed by atoms with Crippen molar-refractivity contribution in [3.63, 3.8) is 0 Å². The predicted octanol–water partition coefficient (Wildman–Crippen LogP) is 1.69. The molecule has 1 atom stereocenters. The van der Waals surface area contributed by atoms with Crippen LogP contribution >= 0.6 is 0 Å². The molecular weight excluding hydrogens is 373 g/mol. The number of nitrogens with zero attached hydrogens (tertiary/aromatic N) is 4. The minimum atomic E-state index is -0.307. The number of carbonyl (C=O) groups is 1. The Bertz CT molecular complexity index is 1040. The molecule has 1 N–H and O–H groups in total. The molecule has 8 heteroatoms. The van der Waals surface area contributed by atoms with E-state index in [1.165, 1.54) is 16.8 Å². The van der Waals surface area contributed by atoms with E-state index in [0.29, 0.717) is 32.4 Å². The largest absolute Gasteiger partial charge is 0.353 e. The maximum atomic E-state index is 13.1. The summed E-state index contributed by atoms with van der Waals surface area (Å²) in [5.74, 6) is 0.371. The van der Waals surface area contributed by atoms with Crippen LogP contribution in [-0.4, -0.2) is 31.3 Å². The lowest BCUT2D eigenvalue weighted by molar-refractivity contribution is -0.121. The van der Waals surface area contributed by atoms with Crippen molar-refractivity contribution >= 4 is 5.91 Å². The minimum Gasteiger partial charge on any atom is -0.353 e. The third kappa shape index (κ3) is 4.59. The van der Waals surface area contributed by atoms with Gasteiger partial charge >= 0.3 is 5.69 Å². The average Bonchev–Trinajstić information content (AvgIpc) is 2.87. The number of nitrogens with one attached hydrogen (secondary N) is 1. The summed E-state index contributed by atoms with van der Waals surface area (Å²) in [5.41, 5.74) is 1.52. The van der Waals surface area contributed by atoms with E-state index in [-0.39, 0.29) is 23.5 Å². The molecule has 0 bridgehead atoms. The van der Waals surface area contributed by atoms with Crippen LogP contribution in [0.25, 0.3) is 0 Å². The lowest BCUT2D eigenvalue weighted by Gasteiger charge is -2.16. The molecule has 1 aromatic carbocycles. The molecule has 0 saturated heterocycles. The van der Waals surface area contributed by atoms with Crippen LogP contribution in [0.5, 0.6) is 0 Å². The summed E-state index contributed by atoms with van der Waals surface area (Å²) in [6, 6.07) is 9.75. The van der Waals surface area contributed by atoms with E-state index in [9.17, 15) is 14.0 Å². The van der Waals surface area contributed by atoms with Gasteiger partial charge < -0.3 is 5.32 Å². The van der Waals surface area contributed by atoms with Crippen molar-refractivity contribution in [2.24, 2.45) is 0 Å². The topological polar surface area (TPSA) is 81.8 Å². The smallest absolute Gasteiger partial charge is 0.346 e. The summed E-state index contributed by atoms with van der Waals surface area (Å²) in [6.45, 7) is 0.819. The molecule has 1 amide bonds. The molecular formula is C21H22FN5O2. The van der Waals surface area contributed by atoms with Crippen LogP contribution < -0.4 is 11.0 Å². The van der Waals surface area contributed by atoms with Crippen LogP contribution in [0.4, 0.5) is 4.39 Å². The van der Waals surface area contributed by atoms with Gasteiger partial charge in [0, 0.05) is 31.4 Å². The molecule has 3 aromatic rings. The highest BCUT2D eigenvalue weighted by Crippen LogP contribution is 2.13. The standard InChI is InChI=1S/C21H22FN5O2/c22-17-5-3-15(4-6-17)14-27-21(29)26-11-9-18(7-8-19(26)25-27)24-20(28)12-16-2-1-10-23-13-16/h1-6,10,13,18H,7-9,11-12,14H2,(H,24,28). The second kappa shape index (κ2) is 8.38. The summed E-state index contributed by atoms with van der Waals surface area (Å²) in [7, 11) is 0. The molecule has 1 unspecified atom stereocenters. The zero-order valence-electron chi connectivity index (χ0n) is 15.9. The van der Waals surface area contributed by atoms with E-state index in [4.69, 9.17) is 0 Å². The van der Waals surface area contributed by atoms with Crippen LogP contribution in [-0.2, 0) is 30.7 Å². The van der Waals surface area contributed by atoms with Crippen molar-refractivity contribution in [3.05, 3.63) is 82.0 Å². The molecule has 0 radical (unpaired) electrons. The summed E-state index contributed by atoms with van der Waals surface area (Å²) < 4.78 is 16.2. The number of pyridine rings is 1. The van der Waals surface area contributed by atoms with E-state index >= 15 is 0 Å². The summed E-state index contributed by atoms with van der Waals surface area (Å²) in [5, 5.41) is 7.52. The van der Waals surface area contributed by atoms with Gasteiger partial charge in [0.1, 0.15) is 11.6 Å². The van der Waals surface area contributed by atoms with E-state index in [1.807, 2.05) is 12.1 Å². The van der Waals surface area contributed by atoms with Crippen molar-refractivity contribution in [1.82, 2.24) is 24.6 Å². The number of aromatic nitrogens is 4. The molecule has 29 heavy (non-hydrogen) atoms. The van der Waals surface area contributed by atoms with Crippen molar-refractivity contribution in [2.45, 2.75) is 44.8 Å². The van der Waals surface area contributed by atoms with Crippen molar-refractivity contribution < 1.29 is 9.18 Å². The fourth-order valence-electron chi connectivity index (χ4n) is 3.60. The number of fused-ring (bicyclic) bond motifs is 1.